The molecule has 0 radical (unpaired) electrons. The highest BCUT2D eigenvalue weighted by Gasteiger charge is 2.45. The molecule has 3 aliphatic heterocycles. The highest BCUT2D eigenvalue weighted by Crippen LogP contribution is 2.40. The molecule has 0 aromatic carbocycles. The fourth-order valence-corrected chi connectivity index (χ4v) is 4.22. The molecule has 0 spiro atoms. The second-order valence-electron chi connectivity index (χ2n) is 7.25. The normalized spacial score (nSPS) is 26.0. The highest BCUT2D eigenvalue weighted by atomic mass is 15.4. The minimum Gasteiger partial charge on any atom is -0.352 e. The molecule has 2 aromatic heterocycles. The zero-order chi connectivity index (χ0) is 16.1. The molecule has 0 N–H and O–H groups in total. The molecule has 1 saturated carbocycles. The molecule has 6 rings (SSSR count). The Kier molecular flexibility index (Phi) is 3.18. The Morgan fingerprint density at radius 3 is 2.58 bits per heavy atom. The average molecular weight is 322 g/mol. The monoisotopic (exact) mass is 322 g/mol. The molecule has 6 heteroatoms. The van der Waals surface area contributed by atoms with Crippen LogP contribution in [0.25, 0.3) is 0 Å². The maximum Gasteiger partial charge on any atom is 0.132 e. The van der Waals surface area contributed by atoms with Gasteiger partial charge in [-0.25, -0.2) is 19.9 Å². The van der Waals surface area contributed by atoms with E-state index in [1.54, 1.807) is 6.33 Å². The van der Waals surface area contributed by atoms with Gasteiger partial charge in [0, 0.05) is 37.0 Å². The number of rotatable bonds is 3. The van der Waals surface area contributed by atoms with Crippen LogP contribution in [0.3, 0.4) is 0 Å². The number of hydrogen-bond donors (Lipinski definition) is 0. The standard InChI is InChI=1S/C18H22N6/c1-12-19-6-5-17(22-12)23-9-14-7-15(10-23)24(14)18-8-16(20-11-21-18)13-3-2-4-13/h5-6,8,11,13-15H,2-4,7,9-10H2,1H3. The number of aromatic nitrogens is 4. The van der Waals surface area contributed by atoms with Gasteiger partial charge >= 0.3 is 0 Å². The summed E-state index contributed by atoms with van der Waals surface area (Å²) in [5, 5.41) is 0. The number of anilines is 2. The van der Waals surface area contributed by atoms with Crippen molar-refractivity contribution < 1.29 is 0 Å². The molecule has 1 aliphatic carbocycles. The Hall–Kier alpha value is -2.24. The quantitative estimate of drug-likeness (QED) is 0.864. The van der Waals surface area contributed by atoms with Gasteiger partial charge in [-0.1, -0.05) is 6.42 Å². The van der Waals surface area contributed by atoms with E-state index in [1.165, 1.54) is 31.4 Å². The van der Waals surface area contributed by atoms with E-state index in [-0.39, 0.29) is 0 Å². The summed E-state index contributed by atoms with van der Waals surface area (Å²) in [5.74, 6) is 3.67. The second kappa shape index (κ2) is 5.40. The lowest BCUT2D eigenvalue weighted by Crippen LogP contribution is -2.69. The largest absolute Gasteiger partial charge is 0.352 e. The van der Waals surface area contributed by atoms with Gasteiger partial charge in [-0.2, -0.15) is 0 Å². The lowest BCUT2D eigenvalue weighted by atomic mass is 9.82. The second-order valence-corrected chi connectivity index (χ2v) is 7.25. The molecular weight excluding hydrogens is 300 g/mol. The van der Waals surface area contributed by atoms with E-state index >= 15 is 0 Å². The fraction of sp³-hybridized carbons (Fsp3) is 0.556. The molecular formula is C18H22N6. The predicted octanol–water partition coefficient (Wildman–Crippen LogP) is 2.31. The third-order valence-corrected chi connectivity index (χ3v) is 5.74. The van der Waals surface area contributed by atoms with Crippen LogP contribution < -0.4 is 9.80 Å². The number of fused-ring (bicyclic) bond motifs is 2. The lowest BCUT2D eigenvalue weighted by molar-refractivity contribution is 0.287. The first kappa shape index (κ1) is 14.1. The van der Waals surface area contributed by atoms with Crippen molar-refractivity contribution in [3.8, 4) is 0 Å². The van der Waals surface area contributed by atoms with Crippen molar-refractivity contribution in [2.75, 3.05) is 22.9 Å². The third-order valence-electron chi connectivity index (χ3n) is 5.74. The molecule has 0 amide bonds. The van der Waals surface area contributed by atoms with Gasteiger partial charge in [-0.15, -0.1) is 0 Å². The van der Waals surface area contributed by atoms with Gasteiger partial charge < -0.3 is 9.80 Å². The first-order valence-electron chi connectivity index (χ1n) is 8.93. The number of hydrogen-bond acceptors (Lipinski definition) is 6. The summed E-state index contributed by atoms with van der Waals surface area (Å²) < 4.78 is 0. The topological polar surface area (TPSA) is 58.0 Å². The van der Waals surface area contributed by atoms with Crippen molar-refractivity contribution >= 4 is 11.6 Å². The van der Waals surface area contributed by atoms with Crippen LogP contribution in [0.4, 0.5) is 11.6 Å². The molecule has 2 atom stereocenters. The molecule has 3 saturated heterocycles. The molecule has 5 heterocycles. The molecule has 4 fully saturated rings. The lowest BCUT2D eigenvalue weighted by Gasteiger charge is -2.57. The van der Waals surface area contributed by atoms with Gasteiger partial charge in [0.15, 0.2) is 0 Å². The van der Waals surface area contributed by atoms with Gasteiger partial charge in [0.1, 0.15) is 23.8 Å². The SMILES string of the molecule is Cc1nccc(N2CC3CC(C2)N3c2cc(C3CCC3)ncn2)n1. The van der Waals surface area contributed by atoms with Crippen molar-refractivity contribution in [3.05, 3.63) is 36.2 Å². The van der Waals surface area contributed by atoms with Gasteiger partial charge in [-0.05, 0) is 32.3 Å². The smallest absolute Gasteiger partial charge is 0.132 e. The maximum atomic E-state index is 4.58. The summed E-state index contributed by atoms with van der Waals surface area (Å²) in [4.78, 5) is 22.7. The van der Waals surface area contributed by atoms with E-state index < -0.39 is 0 Å². The summed E-state index contributed by atoms with van der Waals surface area (Å²) in [5.41, 5.74) is 1.24. The Morgan fingerprint density at radius 1 is 1.04 bits per heavy atom. The van der Waals surface area contributed by atoms with Crippen LogP contribution in [-0.2, 0) is 0 Å². The summed E-state index contributed by atoms with van der Waals surface area (Å²) in [6.45, 7) is 3.97. The molecule has 24 heavy (non-hydrogen) atoms. The van der Waals surface area contributed by atoms with Gasteiger partial charge in [0.25, 0.3) is 0 Å². The van der Waals surface area contributed by atoms with Crippen LogP contribution in [0.1, 0.15) is 43.1 Å². The van der Waals surface area contributed by atoms with E-state index in [0.29, 0.717) is 18.0 Å². The maximum absolute atomic E-state index is 4.58. The van der Waals surface area contributed by atoms with E-state index in [0.717, 1.165) is 30.5 Å². The first-order chi connectivity index (χ1) is 11.8. The van der Waals surface area contributed by atoms with Crippen molar-refractivity contribution in [3.63, 3.8) is 0 Å². The van der Waals surface area contributed by atoms with Crippen molar-refractivity contribution in [1.82, 2.24) is 19.9 Å². The van der Waals surface area contributed by atoms with Crippen LogP contribution in [0.15, 0.2) is 24.7 Å². The van der Waals surface area contributed by atoms with Gasteiger partial charge in [-0.3, -0.25) is 0 Å². The summed E-state index contributed by atoms with van der Waals surface area (Å²) >= 11 is 0. The van der Waals surface area contributed by atoms with E-state index in [4.69, 9.17) is 0 Å². The van der Waals surface area contributed by atoms with Gasteiger partial charge in [0.2, 0.25) is 0 Å². The Bertz CT molecular complexity index is 747. The number of piperidine rings is 1. The average Bonchev–Trinajstić information content (AvgIpc) is 2.54. The van der Waals surface area contributed by atoms with Crippen LogP contribution >= 0.6 is 0 Å². The molecule has 4 aliphatic rings. The third kappa shape index (κ3) is 2.24. The molecule has 2 unspecified atom stereocenters. The van der Waals surface area contributed by atoms with Gasteiger partial charge in [0.05, 0.1) is 12.1 Å². The Morgan fingerprint density at radius 2 is 1.88 bits per heavy atom. The number of nitrogens with zero attached hydrogens (tertiary/aromatic N) is 6. The molecule has 124 valence electrons. The predicted molar refractivity (Wildman–Crippen MR) is 92.3 cm³/mol. The molecule has 2 bridgehead atoms. The van der Waals surface area contributed by atoms with Crippen molar-refractivity contribution in [2.24, 2.45) is 0 Å². The van der Waals surface area contributed by atoms with Crippen LogP contribution in [0, 0.1) is 6.92 Å². The Labute approximate surface area is 142 Å². The number of aryl methyl sites for hydroxylation is 1. The summed E-state index contributed by atoms with van der Waals surface area (Å²) in [6, 6.07) is 5.31. The zero-order valence-electron chi connectivity index (χ0n) is 14.0. The van der Waals surface area contributed by atoms with E-state index in [2.05, 4.69) is 35.8 Å². The number of piperazine rings is 1. The molecule has 2 aromatic rings. The minimum atomic E-state index is 0.531. The first-order valence-corrected chi connectivity index (χ1v) is 8.93. The van der Waals surface area contributed by atoms with Crippen LogP contribution in [0.5, 0.6) is 0 Å². The van der Waals surface area contributed by atoms with Crippen molar-refractivity contribution in [2.45, 2.75) is 50.6 Å². The summed E-state index contributed by atoms with van der Waals surface area (Å²) in [6.07, 6.45) is 8.76. The van der Waals surface area contributed by atoms with Crippen LogP contribution in [0.2, 0.25) is 0 Å². The zero-order valence-corrected chi connectivity index (χ0v) is 14.0. The minimum absolute atomic E-state index is 0.531. The Balaban J connectivity index is 1.34. The molecule has 6 nitrogen and oxygen atoms in total. The summed E-state index contributed by atoms with van der Waals surface area (Å²) in [7, 11) is 0. The van der Waals surface area contributed by atoms with E-state index in [9.17, 15) is 0 Å². The van der Waals surface area contributed by atoms with Crippen LogP contribution in [-0.4, -0.2) is 45.1 Å². The van der Waals surface area contributed by atoms with Crippen molar-refractivity contribution in [1.29, 1.82) is 0 Å². The fourth-order valence-electron chi connectivity index (χ4n) is 4.22. The van der Waals surface area contributed by atoms with E-state index in [1.807, 2.05) is 19.2 Å². The highest BCUT2D eigenvalue weighted by molar-refractivity contribution is 5.52.